The van der Waals surface area contributed by atoms with Crippen molar-refractivity contribution in [2.75, 3.05) is 13.2 Å². The molecular formula is C22H27ClN2O5. The molecule has 0 fully saturated rings. The van der Waals surface area contributed by atoms with Crippen LogP contribution in [0.15, 0.2) is 48.7 Å². The number of aromatic nitrogens is 1. The second-order valence-corrected chi connectivity index (χ2v) is 8.02. The molecule has 0 unspecified atom stereocenters. The highest BCUT2D eigenvalue weighted by Gasteiger charge is 2.19. The molecule has 0 spiro atoms. The molecule has 0 saturated heterocycles. The molecule has 2 rings (SSSR count). The van der Waals surface area contributed by atoms with Crippen LogP contribution < -0.4 is 5.32 Å². The fourth-order valence-corrected chi connectivity index (χ4v) is 2.71. The summed E-state index contributed by atoms with van der Waals surface area (Å²) in [5.74, 6) is -0.449. The third-order valence-electron chi connectivity index (χ3n) is 3.80. The summed E-state index contributed by atoms with van der Waals surface area (Å²) in [4.78, 5) is 28.3. The van der Waals surface area contributed by atoms with E-state index in [2.05, 4.69) is 10.3 Å². The van der Waals surface area contributed by atoms with Crippen molar-refractivity contribution in [3.63, 3.8) is 0 Å². The molecule has 1 amide bonds. The Morgan fingerprint density at radius 3 is 2.57 bits per heavy atom. The molecular weight excluding hydrogens is 408 g/mol. The number of pyridine rings is 1. The molecule has 0 aliphatic rings. The average Bonchev–Trinajstić information content (AvgIpc) is 2.68. The van der Waals surface area contributed by atoms with Gasteiger partial charge in [0.25, 0.3) is 0 Å². The number of halogens is 1. The van der Waals surface area contributed by atoms with Crippen LogP contribution in [0.1, 0.15) is 44.5 Å². The highest BCUT2D eigenvalue weighted by molar-refractivity contribution is 6.30. The summed E-state index contributed by atoms with van der Waals surface area (Å²) in [6, 6.07) is 12.2. The van der Waals surface area contributed by atoms with Crippen LogP contribution in [0.25, 0.3) is 0 Å². The van der Waals surface area contributed by atoms with Crippen molar-refractivity contribution in [1.82, 2.24) is 10.3 Å². The smallest absolute Gasteiger partial charge is 0.408 e. The van der Waals surface area contributed by atoms with Gasteiger partial charge in [-0.2, -0.15) is 0 Å². The van der Waals surface area contributed by atoms with Gasteiger partial charge in [0.2, 0.25) is 0 Å². The largest absolute Gasteiger partial charge is 0.458 e. The molecule has 30 heavy (non-hydrogen) atoms. The number of hydrogen-bond acceptors (Lipinski definition) is 6. The quantitative estimate of drug-likeness (QED) is 0.463. The number of alkyl carbamates (subject to hydrolysis) is 1. The number of benzene rings is 1. The average molecular weight is 435 g/mol. The van der Waals surface area contributed by atoms with Crippen LogP contribution in [0.2, 0.25) is 5.02 Å². The molecule has 1 aromatic heterocycles. The summed E-state index contributed by atoms with van der Waals surface area (Å²) in [5.41, 5.74) is 0.878. The number of ether oxygens (including phenoxy) is 3. The van der Waals surface area contributed by atoms with E-state index in [0.29, 0.717) is 17.1 Å². The van der Waals surface area contributed by atoms with Crippen LogP contribution in [-0.2, 0) is 25.6 Å². The van der Waals surface area contributed by atoms with E-state index in [0.717, 1.165) is 5.56 Å². The number of nitrogens with one attached hydrogen (secondary N) is 1. The van der Waals surface area contributed by atoms with Crippen molar-refractivity contribution in [3.05, 3.63) is 64.9 Å². The number of nitrogens with zero attached hydrogens (tertiary/aromatic N) is 1. The lowest BCUT2D eigenvalue weighted by molar-refractivity contribution is -0.160. The Morgan fingerprint density at radius 2 is 1.90 bits per heavy atom. The Bertz CT molecular complexity index is 824. The van der Waals surface area contributed by atoms with Crippen molar-refractivity contribution in [3.8, 4) is 0 Å². The van der Waals surface area contributed by atoms with E-state index in [1.54, 1.807) is 39.1 Å². The van der Waals surface area contributed by atoms with Crippen LogP contribution >= 0.6 is 11.6 Å². The summed E-state index contributed by atoms with van der Waals surface area (Å²) in [6.07, 6.45) is 1.34. The van der Waals surface area contributed by atoms with E-state index < -0.39 is 23.7 Å². The first-order valence-electron chi connectivity index (χ1n) is 9.61. The molecule has 1 heterocycles. The third kappa shape index (κ3) is 9.24. The number of carbonyl (C=O) groups excluding carboxylic acids is 2. The van der Waals surface area contributed by atoms with Gasteiger partial charge >= 0.3 is 12.1 Å². The first-order valence-corrected chi connectivity index (χ1v) is 9.99. The zero-order chi connectivity index (χ0) is 22.0. The zero-order valence-corrected chi connectivity index (χ0v) is 18.1. The van der Waals surface area contributed by atoms with Crippen molar-refractivity contribution in [1.29, 1.82) is 0 Å². The highest BCUT2D eigenvalue weighted by Crippen LogP contribution is 2.19. The number of hydrogen-bond donors (Lipinski definition) is 1. The SMILES string of the molecule is CC(C)(C)OC(=O)COCC[C@H](NC(=O)OCc1ccccc1)c1cc(Cl)ccn1. The molecule has 7 nitrogen and oxygen atoms in total. The summed E-state index contributed by atoms with van der Waals surface area (Å²) in [6.45, 7) is 5.55. The first-order chi connectivity index (χ1) is 14.2. The number of amides is 1. The Balaban J connectivity index is 1.89. The minimum Gasteiger partial charge on any atom is -0.458 e. The molecule has 0 aliphatic heterocycles. The number of esters is 1. The molecule has 0 saturated carbocycles. The summed E-state index contributed by atoms with van der Waals surface area (Å²) in [5, 5.41) is 3.28. The Labute approximate surface area is 181 Å². The number of rotatable bonds is 9. The minimum atomic E-state index is -0.585. The Morgan fingerprint density at radius 1 is 1.17 bits per heavy atom. The summed E-state index contributed by atoms with van der Waals surface area (Å²) >= 11 is 6.05. The van der Waals surface area contributed by atoms with Gasteiger partial charge in [0.15, 0.2) is 0 Å². The minimum absolute atomic E-state index is 0.150. The van der Waals surface area contributed by atoms with Crippen LogP contribution in [-0.4, -0.2) is 35.9 Å². The van der Waals surface area contributed by atoms with Gasteiger partial charge in [-0.3, -0.25) is 4.98 Å². The number of carbonyl (C=O) groups is 2. The Hall–Kier alpha value is -2.64. The fraction of sp³-hybridized carbons (Fsp3) is 0.409. The van der Waals surface area contributed by atoms with E-state index in [4.69, 9.17) is 25.8 Å². The Kier molecular flexibility index (Phi) is 9.08. The van der Waals surface area contributed by atoms with Gasteiger partial charge < -0.3 is 19.5 Å². The lowest BCUT2D eigenvalue weighted by Crippen LogP contribution is -2.31. The van der Waals surface area contributed by atoms with E-state index in [1.807, 2.05) is 30.3 Å². The molecule has 0 bridgehead atoms. The fourth-order valence-electron chi connectivity index (χ4n) is 2.54. The molecule has 1 aromatic carbocycles. The van der Waals surface area contributed by atoms with Crippen molar-refractivity contribution >= 4 is 23.7 Å². The van der Waals surface area contributed by atoms with E-state index in [-0.39, 0.29) is 19.8 Å². The maximum Gasteiger partial charge on any atom is 0.408 e. The first kappa shape index (κ1) is 23.6. The van der Waals surface area contributed by atoms with Gasteiger partial charge in [-0.05, 0) is 44.9 Å². The third-order valence-corrected chi connectivity index (χ3v) is 4.03. The second kappa shape index (κ2) is 11.5. The molecule has 162 valence electrons. The summed E-state index contributed by atoms with van der Waals surface area (Å²) < 4.78 is 15.9. The van der Waals surface area contributed by atoms with E-state index in [9.17, 15) is 9.59 Å². The van der Waals surface area contributed by atoms with Crippen molar-refractivity contribution in [2.45, 2.75) is 45.4 Å². The normalized spacial score (nSPS) is 12.1. The standard InChI is InChI=1S/C22H27ClN2O5/c1-22(2,3)30-20(26)15-28-12-10-18(19-13-17(23)9-11-24-19)25-21(27)29-14-16-7-5-4-6-8-16/h4-9,11,13,18H,10,12,14-15H2,1-3H3,(H,25,27)/t18-/m0/s1. The highest BCUT2D eigenvalue weighted by atomic mass is 35.5. The predicted molar refractivity (Wildman–Crippen MR) is 113 cm³/mol. The topological polar surface area (TPSA) is 86.8 Å². The lowest BCUT2D eigenvalue weighted by atomic mass is 10.1. The van der Waals surface area contributed by atoms with Crippen molar-refractivity contribution in [2.24, 2.45) is 0 Å². The van der Waals surface area contributed by atoms with Crippen LogP contribution in [0.5, 0.6) is 0 Å². The maximum atomic E-state index is 12.3. The maximum absolute atomic E-state index is 12.3. The van der Waals surface area contributed by atoms with Crippen LogP contribution in [0.4, 0.5) is 4.79 Å². The monoisotopic (exact) mass is 434 g/mol. The van der Waals surface area contributed by atoms with Crippen molar-refractivity contribution < 1.29 is 23.8 Å². The molecule has 0 radical (unpaired) electrons. The van der Waals surface area contributed by atoms with Gasteiger partial charge in [0.1, 0.15) is 18.8 Å². The molecule has 0 aliphatic carbocycles. The molecule has 1 N–H and O–H groups in total. The van der Waals surface area contributed by atoms with Crippen LogP contribution in [0.3, 0.4) is 0 Å². The van der Waals surface area contributed by atoms with Gasteiger partial charge in [-0.25, -0.2) is 9.59 Å². The lowest BCUT2D eigenvalue weighted by Gasteiger charge is -2.20. The van der Waals surface area contributed by atoms with Gasteiger partial charge in [-0.1, -0.05) is 41.9 Å². The van der Waals surface area contributed by atoms with Crippen LogP contribution in [0, 0.1) is 0 Å². The predicted octanol–water partition coefficient (Wildman–Crippen LogP) is 4.45. The van der Waals surface area contributed by atoms with Gasteiger partial charge in [0, 0.05) is 17.8 Å². The summed E-state index contributed by atoms with van der Waals surface area (Å²) in [7, 11) is 0. The van der Waals surface area contributed by atoms with Gasteiger partial charge in [-0.15, -0.1) is 0 Å². The second-order valence-electron chi connectivity index (χ2n) is 7.59. The molecule has 2 aromatic rings. The van der Waals surface area contributed by atoms with E-state index in [1.165, 1.54) is 0 Å². The molecule has 1 atom stereocenters. The molecule has 8 heteroatoms. The zero-order valence-electron chi connectivity index (χ0n) is 17.4. The van der Waals surface area contributed by atoms with Gasteiger partial charge in [0.05, 0.1) is 11.7 Å². The van der Waals surface area contributed by atoms with E-state index >= 15 is 0 Å².